The summed E-state index contributed by atoms with van der Waals surface area (Å²) in [5.41, 5.74) is 6.46. The minimum Gasteiger partial charge on any atom is -0.444 e. The standard InChI is InChI=1S/C44H54N8O4/c1-27-9-11-29(22-33(27)40(53)45-5)47-39-38-36(46-26-51(38)30-12-13-30)25-35(48-39)28-10-14-34-37(21-28)52(32-23-31(24-32)49-17-7-6-8-18-49)41(54)44(34)15-19-50(20-16-44)42(55)56-43(2,3)4/h9-11,14,21-22,25-26,30-32H,6-8,12-13,15-20,23-24H2,1-5H3,(H,45,53)(H,47,48)/t31-,32+. The number of amides is 3. The Hall–Kier alpha value is -4.97. The highest BCUT2D eigenvalue weighted by molar-refractivity contribution is 6.09. The van der Waals surface area contributed by atoms with Gasteiger partial charge in [-0.1, -0.05) is 24.6 Å². The average molecular weight is 759 g/mol. The van der Waals surface area contributed by atoms with E-state index in [1.54, 1.807) is 11.9 Å². The zero-order chi connectivity index (χ0) is 38.9. The smallest absolute Gasteiger partial charge is 0.410 e. The van der Waals surface area contributed by atoms with Gasteiger partial charge in [-0.3, -0.25) is 9.59 Å². The number of imidazole rings is 1. The van der Waals surface area contributed by atoms with Gasteiger partial charge in [-0.2, -0.15) is 0 Å². The second kappa shape index (κ2) is 13.9. The van der Waals surface area contributed by atoms with Crippen molar-refractivity contribution in [2.24, 2.45) is 0 Å². The van der Waals surface area contributed by atoms with Crippen molar-refractivity contribution in [2.75, 3.05) is 43.4 Å². The van der Waals surface area contributed by atoms with Gasteiger partial charge in [0.25, 0.3) is 5.91 Å². The van der Waals surface area contributed by atoms with Crippen molar-refractivity contribution in [1.29, 1.82) is 0 Å². The third-order valence-electron chi connectivity index (χ3n) is 12.8. The van der Waals surface area contributed by atoms with E-state index in [0.29, 0.717) is 49.4 Å². The summed E-state index contributed by atoms with van der Waals surface area (Å²) >= 11 is 0. The molecule has 56 heavy (non-hydrogen) atoms. The first kappa shape index (κ1) is 36.7. The van der Waals surface area contributed by atoms with Crippen LogP contribution in [0.25, 0.3) is 22.3 Å². The lowest BCUT2D eigenvalue weighted by Gasteiger charge is -2.48. The highest BCUT2D eigenvalue weighted by Gasteiger charge is 2.56. The highest BCUT2D eigenvalue weighted by Crippen LogP contribution is 2.52. The lowest BCUT2D eigenvalue weighted by Crippen LogP contribution is -2.58. The molecule has 0 unspecified atom stereocenters. The van der Waals surface area contributed by atoms with E-state index in [-0.39, 0.29) is 23.9 Å². The third-order valence-corrected chi connectivity index (χ3v) is 12.8. The van der Waals surface area contributed by atoms with Crippen LogP contribution in [0.15, 0.2) is 48.8 Å². The summed E-state index contributed by atoms with van der Waals surface area (Å²) < 4.78 is 7.93. The van der Waals surface area contributed by atoms with Crippen LogP contribution in [0.4, 0.5) is 22.0 Å². The molecule has 3 aliphatic heterocycles. The number of aromatic nitrogens is 3. The number of nitrogens with zero attached hydrogens (tertiary/aromatic N) is 6. The number of rotatable bonds is 7. The van der Waals surface area contributed by atoms with Gasteiger partial charge in [-0.15, -0.1) is 0 Å². The molecule has 2 N–H and O–H groups in total. The number of carbonyl (C=O) groups excluding carboxylic acids is 3. The quantitative estimate of drug-likeness (QED) is 0.199. The molecule has 12 nitrogen and oxygen atoms in total. The second-order valence-corrected chi connectivity index (χ2v) is 17.7. The molecule has 5 aliphatic rings. The van der Waals surface area contributed by atoms with Gasteiger partial charge >= 0.3 is 6.09 Å². The van der Waals surface area contributed by atoms with E-state index in [1.807, 2.05) is 52.2 Å². The van der Waals surface area contributed by atoms with Gasteiger partial charge in [0.2, 0.25) is 5.91 Å². The molecular formula is C44H54N8O4. The predicted molar refractivity (Wildman–Crippen MR) is 218 cm³/mol. The summed E-state index contributed by atoms with van der Waals surface area (Å²) in [6.07, 6.45) is 10.7. The van der Waals surface area contributed by atoms with Gasteiger partial charge < -0.3 is 34.6 Å². The normalized spacial score (nSPS) is 22.3. The van der Waals surface area contributed by atoms with E-state index in [1.165, 1.54) is 19.3 Å². The topological polar surface area (TPSA) is 125 Å². The van der Waals surface area contributed by atoms with Crippen molar-refractivity contribution in [2.45, 2.75) is 115 Å². The van der Waals surface area contributed by atoms with E-state index < -0.39 is 11.0 Å². The fraction of sp³-hybridized carbons (Fsp3) is 0.523. The zero-order valence-electron chi connectivity index (χ0n) is 33.4. The summed E-state index contributed by atoms with van der Waals surface area (Å²) in [5, 5.41) is 6.31. The number of benzene rings is 2. The molecule has 9 rings (SSSR count). The number of nitrogens with one attached hydrogen (secondary N) is 2. The predicted octanol–water partition coefficient (Wildman–Crippen LogP) is 7.48. The van der Waals surface area contributed by atoms with Crippen molar-refractivity contribution in [1.82, 2.24) is 29.7 Å². The molecule has 1 spiro atoms. The molecule has 4 fully saturated rings. The van der Waals surface area contributed by atoms with Crippen molar-refractivity contribution >= 4 is 46.1 Å². The van der Waals surface area contributed by atoms with Crippen LogP contribution in [0.5, 0.6) is 0 Å². The van der Waals surface area contributed by atoms with E-state index in [9.17, 15) is 14.4 Å². The first-order valence-electron chi connectivity index (χ1n) is 20.6. The maximum Gasteiger partial charge on any atom is 0.410 e. The number of carbonyl (C=O) groups is 3. The Morgan fingerprint density at radius 3 is 2.36 bits per heavy atom. The largest absolute Gasteiger partial charge is 0.444 e. The monoisotopic (exact) mass is 758 g/mol. The van der Waals surface area contributed by atoms with E-state index in [0.717, 1.165) is 83.6 Å². The van der Waals surface area contributed by atoms with Gasteiger partial charge in [0.05, 0.1) is 23.0 Å². The van der Waals surface area contributed by atoms with Crippen LogP contribution >= 0.6 is 0 Å². The first-order valence-corrected chi connectivity index (χ1v) is 20.6. The molecule has 294 valence electrons. The summed E-state index contributed by atoms with van der Waals surface area (Å²) in [5.74, 6) is 0.701. The molecule has 2 saturated carbocycles. The van der Waals surface area contributed by atoms with E-state index >= 15 is 0 Å². The molecule has 0 bridgehead atoms. The molecule has 2 aliphatic carbocycles. The maximum absolute atomic E-state index is 14.9. The molecule has 0 atom stereocenters. The molecule has 3 amide bonds. The second-order valence-electron chi connectivity index (χ2n) is 17.7. The lowest BCUT2D eigenvalue weighted by atomic mass is 9.73. The molecule has 2 aromatic carbocycles. The zero-order valence-corrected chi connectivity index (χ0v) is 33.4. The molecule has 0 radical (unpaired) electrons. The van der Waals surface area contributed by atoms with Crippen LogP contribution in [0.2, 0.25) is 0 Å². The number of hydrogen-bond donors (Lipinski definition) is 2. The summed E-state index contributed by atoms with van der Waals surface area (Å²) in [4.78, 5) is 57.4. The Kier molecular flexibility index (Phi) is 9.10. The van der Waals surface area contributed by atoms with Crippen molar-refractivity contribution in [3.8, 4) is 11.3 Å². The van der Waals surface area contributed by atoms with Crippen LogP contribution in [-0.4, -0.2) is 93.2 Å². The van der Waals surface area contributed by atoms with Crippen LogP contribution in [0, 0.1) is 6.92 Å². The van der Waals surface area contributed by atoms with Gasteiger partial charge in [-0.25, -0.2) is 14.8 Å². The number of hydrogen-bond acceptors (Lipinski definition) is 8. The van der Waals surface area contributed by atoms with Crippen LogP contribution < -0.4 is 15.5 Å². The fourth-order valence-electron chi connectivity index (χ4n) is 9.49. The Morgan fingerprint density at radius 1 is 0.911 bits per heavy atom. The van der Waals surface area contributed by atoms with Crippen LogP contribution in [0.3, 0.4) is 0 Å². The van der Waals surface area contributed by atoms with Gasteiger partial charge in [-0.05, 0) is 128 Å². The number of ether oxygens (including phenoxy) is 1. The number of aryl methyl sites for hydroxylation is 1. The fourth-order valence-corrected chi connectivity index (χ4v) is 9.49. The number of piperidine rings is 2. The highest BCUT2D eigenvalue weighted by atomic mass is 16.6. The summed E-state index contributed by atoms with van der Waals surface area (Å²) in [6, 6.07) is 15.3. The molecule has 2 saturated heterocycles. The molecule has 5 heterocycles. The van der Waals surface area contributed by atoms with Crippen molar-refractivity contribution < 1.29 is 19.1 Å². The Labute approximate surface area is 329 Å². The molecule has 2 aromatic heterocycles. The molecule has 12 heteroatoms. The number of pyridine rings is 1. The van der Waals surface area contributed by atoms with E-state index in [2.05, 4.69) is 49.3 Å². The van der Waals surface area contributed by atoms with Crippen molar-refractivity contribution in [3.63, 3.8) is 0 Å². The molecule has 4 aromatic rings. The number of likely N-dealkylation sites (tertiary alicyclic amines) is 2. The Bertz CT molecular complexity index is 2200. The van der Waals surface area contributed by atoms with E-state index in [4.69, 9.17) is 14.7 Å². The number of fused-ring (bicyclic) bond motifs is 3. The third kappa shape index (κ3) is 6.49. The maximum atomic E-state index is 14.9. The average Bonchev–Trinajstić information content (AvgIpc) is 3.88. The summed E-state index contributed by atoms with van der Waals surface area (Å²) in [7, 11) is 1.64. The Balaban J connectivity index is 1.08. The van der Waals surface area contributed by atoms with Gasteiger partial charge in [0.1, 0.15) is 11.1 Å². The molecular weight excluding hydrogens is 705 g/mol. The van der Waals surface area contributed by atoms with Crippen LogP contribution in [-0.2, 0) is 14.9 Å². The van der Waals surface area contributed by atoms with Crippen molar-refractivity contribution in [3.05, 3.63) is 65.5 Å². The first-order chi connectivity index (χ1) is 26.9. The van der Waals surface area contributed by atoms with Gasteiger partial charge in [0.15, 0.2) is 5.82 Å². The minimum absolute atomic E-state index is 0.129. The minimum atomic E-state index is -0.691. The van der Waals surface area contributed by atoms with Gasteiger partial charge in [0, 0.05) is 60.8 Å². The van der Waals surface area contributed by atoms with Crippen LogP contribution in [0.1, 0.15) is 106 Å². The summed E-state index contributed by atoms with van der Waals surface area (Å²) in [6.45, 7) is 10.8. The lowest BCUT2D eigenvalue weighted by molar-refractivity contribution is -0.126. The SMILES string of the molecule is CNC(=O)c1cc(Nc2nc(-c3ccc4c(c3)N([C@H]3C[C@@H](N5CCCCC5)C3)C(=O)C43CCN(C(=O)OC(C)(C)C)CC3)cc3ncn(C4CC4)c23)ccc1C. The number of anilines is 3. The Morgan fingerprint density at radius 2 is 1.66 bits per heavy atom.